The molecule has 0 aromatic heterocycles. The van der Waals surface area contributed by atoms with Crippen LogP contribution in [0.5, 0.6) is 5.75 Å². The number of hydrogen-bond acceptors (Lipinski definition) is 6. The van der Waals surface area contributed by atoms with E-state index in [1.807, 2.05) is 20.1 Å². The van der Waals surface area contributed by atoms with Crippen molar-refractivity contribution in [1.29, 1.82) is 0 Å². The number of amides is 1. The highest BCUT2D eigenvalue weighted by atomic mass is 32.2. The summed E-state index contributed by atoms with van der Waals surface area (Å²) < 4.78 is 0. The van der Waals surface area contributed by atoms with Crippen molar-refractivity contribution in [1.82, 2.24) is 15.8 Å². The van der Waals surface area contributed by atoms with Crippen LogP contribution in [0.4, 0.5) is 0 Å². The van der Waals surface area contributed by atoms with Crippen molar-refractivity contribution in [3.8, 4) is 5.75 Å². The molecule has 4 rings (SSSR count). The van der Waals surface area contributed by atoms with Crippen molar-refractivity contribution >= 4 is 17.7 Å². The van der Waals surface area contributed by atoms with Crippen LogP contribution in [0.1, 0.15) is 34.3 Å². The van der Waals surface area contributed by atoms with Gasteiger partial charge in [0.15, 0.2) is 0 Å². The second-order valence-electron chi connectivity index (χ2n) is 7.81. The SMILES string of the molecule is CSc1ccc(C2C3C(NNC3c3c(C)cc(C)cc3O)C(=O)N2CCO)cc1. The summed E-state index contributed by atoms with van der Waals surface area (Å²) in [6.45, 7) is 4.14. The summed E-state index contributed by atoms with van der Waals surface area (Å²) in [5, 5.41) is 20.3. The Morgan fingerprint density at radius 3 is 2.41 bits per heavy atom. The zero-order chi connectivity index (χ0) is 20.7. The van der Waals surface area contributed by atoms with E-state index in [-0.39, 0.29) is 42.8 Å². The van der Waals surface area contributed by atoms with Gasteiger partial charge in [0.2, 0.25) is 5.91 Å². The molecule has 154 valence electrons. The van der Waals surface area contributed by atoms with Gasteiger partial charge in [-0.2, -0.15) is 0 Å². The molecule has 4 atom stereocenters. The molecule has 2 aliphatic rings. The van der Waals surface area contributed by atoms with E-state index in [9.17, 15) is 15.0 Å². The van der Waals surface area contributed by atoms with Crippen LogP contribution in [0.15, 0.2) is 41.3 Å². The van der Waals surface area contributed by atoms with Gasteiger partial charge in [-0.1, -0.05) is 18.2 Å². The minimum atomic E-state index is -0.406. The second kappa shape index (κ2) is 7.99. The van der Waals surface area contributed by atoms with Crippen molar-refractivity contribution in [3.05, 3.63) is 58.7 Å². The van der Waals surface area contributed by atoms with Crippen LogP contribution in [0.25, 0.3) is 0 Å². The number of likely N-dealkylation sites (tertiary alicyclic amines) is 1. The molecule has 29 heavy (non-hydrogen) atoms. The summed E-state index contributed by atoms with van der Waals surface area (Å²) >= 11 is 1.68. The number of aliphatic hydroxyl groups excluding tert-OH is 1. The summed E-state index contributed by atoms with van der Waals surface area (Å²) in [4.78, 5) is 16.1. The largest absolute Gasteiger partial charge is 0.508 e. The number of hydrazine groups is 1. The van der Waals surface area contributed by atoms with Crippen molar-refractivity contribution in [3.63, 3.8) is 0 Å². The smallest absolute Gasteiger partial charge is 0.242 e. The number of fused-ring (bicyclic) bond motifs is 1. The minimum Gasteiger partial charge on any atom is -0.508 e. The highest BCUT2D eigenvalue weighted by Crippen LogP contribution is 2.49. The predicted octanol–water partition coefficient (Wildman–Crippen LogP) is 2.44. The number of rotatable bonds is 5. The topological polar surface area (TPSA) is 84.8 Å². The van der Waals surface area contributed by atoms with E-state index in [1.54, 1.807) is 22.7 Å². The number of aromatic hydroxyl groups is 1. The number of phenolic OH excluding ortho intramolecular Hbond substituents is 1. The molecular weight excluding hydrogens is 386 g/mol. The Morgan fingerprint density at radius 1 is 1.10 bits per heavy atom. The van der Waals surface area contributed by atoms with Gasteiger partial charge in [0.1, 0.15) is 11.8 Å². The molecule has 4 unspecified atom stereocenters. The van der Waals surface area contributed by atoms with Crippen LogP contribution in [-0.2, 0) is 4.79 Å². The Morgan fingerprint density at radius 2 is 1.79 bits per heavy atom. The molecule has 0 spiro atoms. The highest BCUT2D eigenvalue weighted by Gasteiger charge is 2.55. The summed E-state index contributed by atoms with van der Waals surface area (Å²) in [6.07, 6.45) is 2.03. The molecular formula is C22H27N3O3S. The standard InChI is InChI=1S/C22H27N3O3S/c1-12-10-13(2)17(16(27)11-12)19-18-20(24-23-19)22(28)25(8-9-26)21(18)14-4-6-15(29-3)7-5-14/h4-7,10-11,18-21,23-24,26-27H,8-9H2,1-3H3. The average molecular weight is 414 g/mol. The first-order valence-corrected chi connectivity index (χ1v) is 11.0. The fourth-order valence-electron chi connectivity index (χ4n) is 4.86. The summed E-state index contributed by atoms with van der Waals surface area (Å²) in [5.41, 5.74) is 10.3. The molecule has 2 heterocycles. The van der Waals surface area contributed by atoms with E-state index in [0.717, 1.165) is 27.1 Å². The number of β-amino-alcohol motifs (C(OH)–C–C–N with tert-alkyl or cyclic N) is 1. The van der Waals surface area contributed by atoms with Crippen LogP contribution in [-0.4, -0.2) is 46.5 Å². The third kappa shape index (κ3) is 3.42. The number of nitrogens with one attached hydrogen (secondary N) is 2. The van der Waals surface area contributed by atoms with E-state index in [2.05, 4.69) is 41.2 Å². The molecule has 0 saturated carbocycles. The van der Waals surface area contributed by atoms with Gasteiger partial charge in [0.25, 0.3) is 0 Å². The van der Waals surface area contributed by atoms with Gasteiger partial charge in [-0.15, -0.1) is 11.8 Å². The van der Waals surface area contributed by atoms with Crippen LogP contribution >= 0.6 is 11.8 Å². The summed E-state index contributed by atoms with van der Waals surface area (Å²) in [5.74, 6) is 0.107. The Hall–Kier alpha value is -2.06. The van der Waals surface area contributed by atoms with Crippen LogP contribution in [0.3, 0.4) is 0 Å². The normalized spacial score (nSPS) is 26.2. The fraction of sp³-hybridized carbons (Fsp3) is 0.409. The Balaban J connectivity index is 1.79. The zero-order valence-corrected chi connectivity index (χ0v) is 17.7. The first-order valence-electron chi connectivity index (χ1n) is 9.82. The monoisotopic (exact) mass is 413 g/mol. The first kappa shape index (κ1) is 20.2. The predicted molar refractivity (Wildman–Crippen MR) is 114 cm³/mol. The number of carbonyl (C=O) groups excluding carboxylic acids is 1. The van der Waals surface area contributed by atoms with Crippen molar-refractivity contribution < 1.29 is 15.0 Å². The lowest BCUT2D eigenvalue weighted by molar-refractivity contribution is -0.131. The van der Waals surface area contributed by atoms with Crippen LogP contribution in [0, 0.1) is 19.8 Å². The van der Waals surface area contributed by atoms with Gasteiger partial charge in [-0.05, 0) is 55.0 Å². The van der Waals surface area contributed by atoms with Gasteiger partial charge in [-0.25, -0.2) is 10.9 Å². The van der Waals surface area contributed by atoms with E-state index in [0.29, 0.717) is 0 Å². The number of carbonyl (C=O) groups is 1. The van der Waals surface area contributed by atoms with Gasteiger partial charge in [0, 0.05) is 22.9 Å². The third-order valence-electron chi connectivity index (χ3n) is 6.03. The molecule has 2 saturated heterocycles. The molecule has 2 aromatic rings. The second-order valence-corrected chi connectivity index (χ2v) is 8.69. The maximum absolute atomic E-state index is 13.1. The Labute approximate surface area is 175 Å². The lowest BCUT2D eigenvalue weighted by Crippen LogP contribution is -2.42. The van der Waals surface area contributed by atoms with Gasteiger partial charge in [0.05, 0.1) is 18.7 Å². The maximum atomic E-state index is 13.1. The van der Waals surface area contributed by atoms with Crippen LogP contribution in [0.2, 0.25) is 0 Å². The fourth-order valence-corrected chi connectivity index (χ4v) is 5.27. The summed E-state index contributed by atoms with van der Waals surface area (Å²) in [6, 6.07) is 11.2. The number of nitrogens with zero attached hydrogens (tertiary/aromatic N) is 1. The Kier molecular flexibility index (Phi) is 5.57. The number of thioether (sulfide) groups is 1. The van der Waals surface area contributed by atoms with Crippen molar-refractivity contribution in [2.75, 3.05) is 19.4 Å². The molecule has 0 aliphatic carbocycles. The number of aliphatic hydroxyl groups is 1. The van der Waals surface area contributed by atoms with E-state index in [1.165, 1.54) is 0 Å². The number of benzene rings is 2. The molecule has 2 fully saturated rings. The number of aryl methyl sites for hydroxylation is 2. The lowest BCUT2D eigenvalue weighted by atomic mass is 9.81. The number of phenols is 1. The molecule has 7 heteroatoms. The van der Waals surface area contributed by atoms with Crippen molar-refractivity contribution in [2.45, 2.75) is 36.9 Å². The molecule has 1 amide bonds. The summed E-state index contributed by atoms with van der Waals surface area (Å²) in [7, 11) is 0. The molecule has 2 aromatic carbocycles. The molecule has 0 bridgehead atoms. The van der Waals surface area contributed by atoms with E-state index >= 15 is 0 Å². The van der Waals surface area contributed by atoms with Gasteiger partial charge in [-0.3, -0.25) is 4.79 Å². The maximum Gasteiger partial charge on any atom is 0.242 e. The number of hydrogen-bond donors (Lipinski definition) is 4. The lowest BCUT2D eigenvalue weighted by Gasteiger charge is -2.31. The third-order valence-corrected chi connectivity index (χ3v) is 6.78. The molecule has 0 radical (unpaired) electrons. The van der Waals surface area contributed by atoms with Gasteiger partial charge < -0.3 is 15.1 Å². The van der Waals surface area contributed by atoms with Crippen LogP contribution < -0.4 is 10.9 Å². The quantitative estimate of drug-likeness (QED) is 0.564. The Bertz CT molecular complexity index is 895. The van der Waals surface area contributed by atoms with Crippen molar-refractivity contribution in [2.24, 2.45) is 5.92 Å². The molecule has 6 nitrogen and oxygen atoms in total. The van der Waals surface area contributed by atoms with E-state index in [4.69, 9.17) is 0 Å². The highest BCUT2D eigenvalue weighted by molar-refractivity contribution is 7.98. The zero-order valence-electron chi connectivity index (χ0n) is 16.8. The average Bonchev–Trinajstić information content (AvgIpc) is 3.22. The van der Waals surface area contributed by atoms with Gasteiger partial charge >= 0.3 is 0 Å². The first-order chi connectivity index (χ1) is 14.0. The molecule has 4 N–H and O–H groups in total. The molecule has 2 aliphatic heterocycles. The van der Waals surface area contributed by atoms with E-state index < -0.39 is 6.04 Å². The minimum absolute atomic E-state index is 0.0257.